The smallest absolute Gasteiger partial charge is 0.0426 e. The lowest BCUT2D eigenvalue weighted by Crippen LogP contribution is -2.23. The number of rotatable bonds is 8. The molecule has 0 saturated carbocycles. The van der Waals surface area contributed by atoms with Crippen LogP contribution in [0.2, 0.25) is 5.02 Å². The van der Waals surface area contributed by atoms with Gasteiger partial charge in [0.2, 0.25) is 0 Å². The standard InChI is InChI=1S/C16H27ClN2/c1-5-6-9-19(4)16-10-15(17)8-7-14(16)12-18-11-13(2)3/h7-8,10,13,18H,5-6,9,11-12H2,1-4H3. The number of hydrogen-bond acceptors (Lipinski definition) is 2. The van der Waals surface area contributed by atoms with E-state index in [1.54, 1.807) is 0 Å². The van der Waals surface area contributed by atoms with Gasteiger partial charge in [-0.25, -0.2) is 0 Å². The number of halogens is 1. The highest BCUT2D eigenvalue weighted by molar-refractivity contribution is 6.30. The molecule has 19 heavy (non-hydrogen) atoms. The Labute approximate surface area is 123 Å². The van der Waals surface area contributed by atoms with Crippen molar-refractivity contribution in [3.8, 4) is 0 Å². The van der Waals surface area contributed by atoms with Crippen molar-refractivity contribution in [2.24, 2.45) is 5.92 Å². The first kappa shape index (κ1) is 16.3. The van der Waals surface area contributed by atoms with Crippen molar-refractivity contribution in [2.75, 3.05) is 25.0 Å². The van der Waals surface area contributed by atoms with E-state index in [2.05, 4.69) is 50.2 Å². The zero-order chi connectivity index (χ0) is 14.3. The van der Waals surface area contributed by atoms with Crippen LogP contribution in [0.25, 0.3) is 0 Å². The molecular formula is C16H27ClN2. The van der Waals surface area contributed by atoms with E-state index in [4.69, 9.17) is 11.6 Å². The molecule has 1 rings (SSSR count). The molecule has 0 amide bonds. The molecule has 0 saturated heterocycles. The minimum atomic E-state index is 0.675. The third-order valence-electron chi connectivity index (χ3n) is 3.17. The fourth-order valence-corrected chi connectivity index (χ4v) is 2.22. The molecule has 0 atom stereocenters. The van der Waals surface area contributed by atoms with Gasteiger partial charge in [-0.3, -0.25) is 0 Å². The van der Waals surface area contributed by atoms with Gasteiger partial charge in [0.25, 0.3) is 0 Å². The van der Waals surface area contributed by atoms with Crippen molar-refractivity contribution >= 4 is 17.3 Å². The third kappa shape index (κ3) is 5.84. The molecule has 0 unspecified atom stereocenters. The van der Waals surface area contributed by atoms with Gasteiger partial charge in [-0.15, -0.1) is 0 Å². The van der Waals surface area contributed by atoms with Crippen molar-refractivity contribution < 1.29 is 0 Å². The van der Waals surface area contributed by atoms with Crippen molar-refractivity contribution in [1.82, 2.24) is 5.32 Å². The highest BCUT2D eigenvalue weighted by Gasteiger charge is 2.08. The van der Waals surface area contributed by atoms with Crippen LogP contribution in [-0.4, -0.2) is 20.1 Å². The highest BCUT2D eigenvalue weighted by Crippen LogP contribution is 2.24. The van der Waals surface area contributed by atoms with Gasteiger partial charge >= 0.3 is 0 Å². The Balaban J connectivity index is 2.73. The van der Waals surface area contributed by atoms with Gasteiger partial charge in [0.05, 0.1) is 0 Å². The zero-order valence-electron chi connectivity index (χ0n) is 12.7. The highest BCUT2D eigenvalue weighted by atomic mass is 35.5. The molecule has 0 heterocycles. The van der Waals surface area contributed by atoms with E-state index in [1.807, 2.05) is 6.07 Å². The van der Waals surface area contributed by atoms with Crippen LogP contribution in [0.3, 0.4) is 0 Å². The largest absolute Gasteiger partial charge is 0.374 e. The second-order valence-corrected chi connectivity index (χ2v) is 6.01. The van der Waals surface area contributed by atoms with Crippen LogP contribution in [-0.2, 0) is 6.54 Å². The Hall–Kier alpha value is -0.730. The maximum Gasteiger partial charge on any atom is 0.0426 e. The summed E-state index contributed by atoms with van der Waals surface area (Å²) in [6, 6.07) is 6.18. The first-order valence-electron chi connectivity index (χ1n) is 7.24. The van der Waals surface area contributed by atoms with Crippen molar-refractivity contribution in [1.29, 1.82) is 0 Å². The van der Waals surface area contributed by atoms with Crippen LogP contribution in [0.1, 0.15) is 39.2 Å². The van der Waals surface area contributed by atoms with Gasteiger partial charge in [0, 0.05) is 30.8 Å². The molecule has 0 aromatic heterocycles. The van der Waals surface area contributed by atoms with Crippen molar-refractivity contribution in [3.63, 3.8) is 0 Å². The summed E-state index contributed by atoms with van der Waals surface area (Å²) in [7, 11) is 2.15. The van der Waals surface area contributed by atoms with E-state index < -0.39 is 0 Å². The summed E-state index contributed by atoms with van der Waals surface area (Å²) in [5, 5.41) is 4.31. The van der Waals surface area contributed by atoms with E-state index in [9.17, 15) is 0 Å². The molecule has 0 aliphatic rings. The fourth-order valence-electron chi connectivity index (χ4n) is 2.05. The minimum absolute atomic E-state index is 0.675. The molecule has 0 aliphatic carbocycles. The Morgan fingerprint density at radius 2 is 2.05 bits per heavy atom. The fraction of sp³-hybridized carbons (Fsp3) is 0.625. The predicted octanol–water partition coefficient (Wildman–Crippen LogP) is 4.32. The maximum atomic E-state index is 6.13. The Morgan fingerprint density at radius 3 is 2.68 bits per heavy atom. The molecule has 3 heteroatoms. The van der Waals surface area contributed by atoms with Crippen LogP contribution in [0.15, 0.2) is 18.2 Å². The summed E-state index contributed by atoms with van der Waals surface area (Å²) in [5.41, 5.74) is 2.57. The van der Waals surface area contributed by atoms with E-state index >= 15 is 0 Å². The summed E-state index contributed by atoms with van der Waals surface area (Å²) < 4.78 is 0. The first-order chi connectivity index (χ1) is 9.04. The van der Waals surface area contributed by atoms with Gasteiger partial charge in [0.15, 0.2) is 0 Å². The quantitative estimate of drug-likeness (QED) is 0.764. The molecule has 108 valence electrons. The summed E-state index contributed by atoms with van der Waals surface area (Å²) in [6.07, 6.45) is 2.42. The van der Waals surface area contributed by atoms with Gasteiger partial charge < -0.3 is 10.2 Å². The normalized spacial score (nSPS) is 11.1. The summed E-state index contributed by atoms with van der Waals surface area (Å²) >= 11 is 6.13. The van der Waals surface area contributed by atoms with Crippen LogP contribution >= 0.6 is 11.6 Å². The maximum absolute atomic E-state index is 6.13. The SMILES string of the molecule is CCCCN(C)c1cc(Cl)ccc1CNCC(C)C. The first-order valence-corrected chi connectivity index (χ1v) is 7.62. The van der Waals surface area contributed by atoms with Crippen molar-refractivity contribution in [3.05, 3.63) is 28.8 Å². The van der Waals surface area contributed by atoms with Crippen LogP contribution in [0, 0.1) is 5.92 Å². The Morgan fingerprint density at radius 1 is 1.32 bits per heavy atom. The monoisotopic (exact) mass is 282 g/mol. The lowest BCUT2D eigenvalue weighted by molar-refractivity contribution is 0.552. The number of nitrogens with one attached hydrogen (secondary N) is 1. The number of anilines is 1. The lowest BCUT2D eigenvalue weighted by atomic mass is 10.1. The molecule has 0 radical (unpaired) electrons. The predicted molar refractivity (Wildman–Crippen MR) is 86.2 cm³/mol. The second kappa shape index (κ2) is 8.44. The van der Waals surface area contributed by atoms with Gasteiger partial charge in [-0.2, -0.15) is 0 Å². The van der Waals surface area contributed by atoms with Crippen LogP contribution in [0.5, 0.6) is 0 Å². The molecular weight excluding hydrogens is 256 g/mol. The number of benzene rings is 1. The average Bonchev–Trinajstić information content (AvgIpc) is 2.37. The molecule has 1 aromatic carbocycles. The summed E-state index contributed by atoms with van der Waals surface area (Å²) in [6.45, 7) is 9.69. The summed E-state index contributed by atoms with van der Waals surface area (Å²) in [4.78, 5) is 2.31. The minimum Gasteiger partial charge on any atom is -0.374 e. The van der Waals surface area contributed by atoms with E-state index in [-0.39, 0.29) is 0 Å². The number of unbranched alkanes of at least 4 members (excludes halogenated alkanes) is 1. The molecule has 0 bridgehead atoms. The Bertz CT molecular complexity index is 377. The Kier molecular flexibility index (Phi) is 7.25. The molecule has 1 aromatic rings. The summed E-state index contributed by atoms with van der Waals surface area (Å²) in [5.74, 6) is 0.675. The van der Waals surface area contributed by atoms with E-state index in [0.29, 0.717) is 5.92 Å². The van der Waals surface area contributed by atoms with Crippen LogP contribution < -0.4 is 10.2 Å². The van der Waals surface area contributed by atoms with Crippen LogP contribution in [0.4, 0.5) is 5.69 Å². The van der Waals surface area contributed by atoms with Gasteiger partial charge in [-0.1, -0.05) is 44.9 Å². The number of hydrogen-bond donors (Lipinski definition) is 1. The topological polar surface area (TPSA) is 15.3 Å². The molecule has 2 nitrogen and oxygen atoms in total. The second-order valence-electron chi connectivity index (χ2n) is 5.57. The lowest BCUT2D eigenvalue weighted by Gasteiger charge is -2.23. The number of nitrogens with zero attached hydrogens (tertiary/aromatic N) is 1. The van der Waals surface area contributed by atoms with Gasteiger partial charge in [0.1, 0.15) is 0 Å². The van der Waals surface area contributed by atoms with Gasteiger partial charge in [-0.05, 0) is 36.6 Å². The average molecular weight is 283 g/mol. The molecule has 0 aliphatic heterocycles. The zero-order valence-corrected chi connectivity index (χ0v) is 13.4. The van der Waals surface area contributed by atoms with Crippen molar-refractivity contribution in [2.45, 2.75) is 40.2 Å². The molecule has 0 spiro atoms. The molecule has 1 N–H and O–H groups in total. The third-order valence-corrected chi connectivity index (χ3v) is 3.41. The molecule has 0 fully saturated rings. The van der Waals surface area contributed by atoms with E-state index in [1.165, 1.54) is 24.1 Å². The van der Waals surface area contributed by atoms with E-state index in [0.717, 1.165) is 24.7 Å².